The zero-order chi connectivity index (χ0) is 11.4. The van der Waals surface area contributed by atoms with Gasteiger partial charge in [0.25, 0.3) is 0 Å². The first-order chi connectivity index (χ1) is 7.15. The normalized spacial score (nSPS) is 11.7. The van der Waals surface area contributed by atoms with Crippen molar-refractivity contribution in [3.8, 4) is 0 Å². The summed E-state index contributed by atoms with van der Waals surface area (Å²) in [6, 6.07) is 0.513. The summed E-state index contributed by atoms with van der Waals surface area (Å²) in [5.41, 5.74) is 2.48. The van der Waals surface area contributed by atoms with E-state index in [-0.39, 0.29) is 0 Å². The summed E-state index contributed by atoms with van der Waals surface area (Å²) in [5.74, 6) is 1.05. The Kier molecular flexibility index (Phi) is 4.65. The smallest absolute Gasteiger partial charge is 0.0537 e. The van der Waals surface area contributed by atoms with Crippen molar-refractivity contribution < 1.29 is 0 Å². The van der Waals surface area contributed by atoms with Crippen LogP contribution in [0.1, 0.15) is 63.8 Å². The van der Waals surface area contributed by atoms with Gasteiger partial charge in [-0.1, -0.05) is 27.7 Å². The predicted molar refractivity (Wildman–Crippen MR) is 65.5 cm³/mol. The van der Waals surface area contributed by atoms with Gasteiger partial charge in [-0.3, -0.25) is 4.68 Å². The number of hydrogen-bond acceptors (Lipinski definition) is 1. The highest BCUT2D eigenvalue weighted by molar-refractivity contribution is 6.17. The summed E-state index contributed by atoms with van der Waals surface area (Å²) < 4.78 is 2.17. The maximum atomic E-state index is 5.93. The average molecular weight is 229 g/mol. The van der Waals surface area contributed by atoms with Gasteiger partial charge in [-0.25, -0.2) is 0 Å². The summed E-state index contributed by atoms with van der Waals surface area (Å²) in [4.78, 5) is 0. The molecule has 1 aromatic rings. The largest absolute Gasteiger partial charge is 0.266 e. The first-order valence-electron chi connectivity index (χ1n) is 5.77. The van der Waals surface area contributed by atoms with Crippen molar-refractivity contribution in [2.75, 3.05) is 0 Å². The van der Waals surface area contributed by atoms with Crippen molar-refractivity contribution in [3.05, 3.63) is 17.5 Å². The molecule has 0 aliphatic rings. The second kappa shape index (κ2) is 5.55. The van der Waals surface area contributed by atoms with Gasteiger partial charge in [0.1, 0.15) is 0 Å². The lowest BCUT2D eigenvalue weighted by Crippen LogP contribution is -2.13. The second-order valence-electron chi connectivity index (χ2n) is 4.26. The van der Waals surface area contributed by atoms with Crippen LogP contribution < -0.4 is 0 Å². The van der Waals surface area contributed by atoms with Crippen LogP contribution in [0.4, 0.5) is 0 Å². The molecule has 0 saturated heterocycles. The van der Waals surface area contributed by atoms with E-state index in [0.717, 1.165) is 12.8 Å². The van der Waals surface area contributed by atoms with E-state index in [2.05, 4.69) is 37.5 Å². The van der Waals surface area contributed by atoms with Crippen molar-refractivity contribution in [1.29, 1.82) is 0 Å². The Bertz CT molecular complexity index is 301. The third kappa shape index (κ3) is 2.54. The molecule has 0 radical (unpaired) electrons. The summed E-state index contributed by atoms with van der Waals surface area (Å²) in [6.07, 6.45) is 4.17. The molecule has 2 nitrogen and oxygen atoms in total. The highest BCUT2D eigenvalue weighted by atomic mass is 35.5. The van der Waals surface area contributed by atoms with Crippen LogP contribution in [0.15, 0.2) is 6.20 Å². The Balaban J connectivity index is 3.11. The summed E-state index contributed by atoms with van der Waals surface area (Å²) in [7, 11) is 0. The van der Waals surface area contributed by atoms with E-state index >= 15 is 0 Å². The molecule has 1 rings (SSSR count). The maximum absolute atomic E-state index is 5.93. The zero-order valence-electron chi connectivity index (χ0n) is 10.1. The molecule has 0 aliphatic carbocycles. The first-order valence-corrected chi connectivity index (χ1v) is 6.31. The molecule has 0 bridgehead atoms. The van der Waals surface area contributed by atoms with Crippen molar-refractivity contribution in [3.63, 3.8) is 0 Å². The maximum Gasteiger partial charge on any atom is 0.0537 e. The van der Waals surface area contributed by atoms with Crippen LogP contribution in [0.5, 0.6) is 0 Å². The van der Waals surface area contributed by atoms with Gasteiger partial charge >= 0.3 is 0 Å². The molecule has 15 heavy (non-hydrogen) atoms. The monoisotopic (exact) mass is 228 g/mol. The Morgan fingerprint density at radius 3 is 2.33 bits per heavy atom. The highest BCUT2D eigenvalue weighted by Crippen LogP contribution is 2.26. The molecule has 86 valence electrons. The number of nitrogens with zero attached hydrogens (tertiary/aromatic N) is 2. The van der Waals surface area contributed by atoms with Crippen LogP contribution in [0, 0.1) is 0 Å². The average Bonchev–Trinajstić information content (AvgIpc) is 2.63. The fraction of sp³-hybridized carbons (Fsp3) is 0.750. The van der Waals surface area contributed by atoms with Gasteiger partial charge in [-0.15, -0.1) is 11.6 Å². The third-order valence-corrected chi connectivity index (χ3v) is 3.18. The van der Waals surface area contributed by atoms with E-state index in [1.54, 1.807) is 0 Å². The van der Waals surface area contributed by atoms with Crippen molar-refractivity contribution in [2.45, 2.75) is 58.4 Å². The molecule has 0 aliphatic heterocycles. The molecule has 0 N–H and O–H groups in total. The van der Waals surface area contributed by atoms with Crippen molar-refractivity contribution in [2.24, 2.45) is 0 Å². The van der Waals surface area contributed by atoms with E-state index in [9.17, 15) is 0 Å². The van der Waals surface area contributed by atoms with Crippen LogP contribution in [0.2, 0.25) is 0 Å². The molecule has 1 heterocycles. The van der Waals surface area contributed by atoms with E-state index < -0.39 is 0 Å². The summed E-state index contributed by atoms with van der Waals surface area (Å²) >= 11 is 5.93. The predicted octanol–water partition coefficient (Wildman–Crippen LogP) is 4.11. The second-order valence-corrected chi connectivity index (χ2v) is 4.53. The van der Waals surface area contributed by atoms with Gasteiger partial charge in [-0.05, 0) is 18.8 Å². The number of alkyl halides is 1. The molecule has 0 atom stereocenters. The lowest BCUT2D eigenvalue weighted by molar-refractivity contribution is 0.408. The lowest BCUT2D eigenvalue weighted by Gasteiger charge is -2.19. The molecule has 0 unspecified atom stereocenters. The van der Waals surface area contributed by atoms with Crippen LogP contribution >= 0.6 is 11.6 Å². The zero-order valence-corrected chi connectivity index (χ0v) is 10.9. The van der Waals surface area contributed by atoms with Gasteiger partial charge in [-0.2, -0.15) is 5.10 Å². The third-order valence-electron chi connectivity index (χ3n) is 2.89. The molecule has 0 fully saturated rings. The van der Waals surface area contributed by atoms with Gasteiger partial charge in [0.2, 0.25) is 0 Å². The summed E-state index contributed by atoms with van der Waals surface area (Å²) in [5, 5.41) is 4.48. The minimum absolute atomic E-state index is 0.488. The Morgan fingerprint density at radius 2 is 1.93 bits per heavy atom. The Morgan fingerprint density at radius 1 is 1.33 bits per heavy atom. The van der Waals surface area contributed by atoms with Gasteiger partial charge in [0.15, 0.2) is 0 Å². The molecular formula is C12H21ClN2. The molecule has 0 amide bonds. The molecular weight excluding hydrogens is 208 g/mol. The topological polar surface area (TPSA) is 17.8 Å². The van der Waals surface area contributed by atoms with Gasteiger partial charge in [0.05, 0.1) is 18.1 Å². The number of hydrogen-bond donors (Lipinski definition) is 0. The molecule has 1 aromatic heterocycles. The van der Waals surface area contributed by atoms with Crippen LogP contribution in [-0.2, 0) is 5.88 Å². The molecule has 3 heteroatoms. The molecule has 0 aromatic carbocycles. The van der Waals surface area contributed by atoms with E-state index in [1.807, 2.05) is 6.20 Å². The summed E-state index contributed by atoms with van der Waals surface area (Å²) in [6.45, 7) is 8.82. The van der Waals surface area contributed by atoms with E-state index in [4.69, 9.17) is 11.6 Å². The molecule has 0 spiro atoms. The van der Waals surface area contributed by atoms with Crippen molar-refractivity contribution in [1.82, 2.24) is 9.78 Å². The lowest BCUT2D eigenvalue weighted by atomic mass is 10.1. The first kappa shape index (κ1) is 12.6. The Hall–Kier alpha value is -0.500. The standard InChI is InChI=1S/C12H21ClN2/c1-5-11(6-2)15-12(9(3)4)10(7-13)8-14-15/h8-9,11H,5-7H2,1-4H3. The number of rotatable bonds is 5. The fourth-order valence-electron chi connectivity index (χ4n) is 2.07. The van der Waals surface area contributed by atoms with E-state index in [0.29, 0.717) is 17.8 Å². The van der Waals surface area contributed by atoms with Crippen molar-refractivity contribution >= 4 is 11.6 Å². The van der Waals surface area contributed by atoms with Gasteiger partial charge < -0.3 is 0 Å². The van der Waals surface area contributed by atoms with Gasteiger partial charge in [0, 0.05) is 11.3 Å². The van der Waals surface area contributed by atoms with Crippen LogP contribution in [0.25, 0.3) is 0 Å². The number of halogens is 1. The molecule has 0 saturated carbocycles. The minimum atomic E-state index is 0.488. The Labute approximate surface area is 97.6 Å². The quantitative estimate of drug-likeness (QED) is 0.694. The van der Waals surface area contributed by atoms with Crippen LogP contribution in [0.3, 0.4) is 0 Å². The minimum Gasteiger partial charge on any atom is -0.266 e. The highest BCUT2D eigenvalue weighted by Gasteiger charge is 2.17. The fourth-order valence-corrected chi connectivity index (χ4v) is 2.28. The van der Waals surface area contributed by atoms with E-state index in [1.165, 1.54) is 11.3 Å². The number of aromatic nitrogens is 2. The SMILES string of the molecule is CCC(CC)n1ncc(CCl)c1C(C)C. The van der Waals surface area contributed by atoms with Crippen LogP contribution in [-0.4, -0.2) is 9.78 Å².